The van der Waals surface area contributed by atoms with Gasteiger partial charge in [0.15, 0.2) is 5.79 Å². The maximum atomic E-state index is 5.51. The van der Waals surface area contributed by atoms with E-state index in [2.05, 4.69) is 4.98 Å². The zero-order valence-electron chi connectivity index (χ0n) is 8.81. The molecule has 4 heteroatoms. The highest BCUT2D eigenvalue weighted by Gasteiger charge is 2.30. The average molecular weight is 209 g/mol. The Balaban J connectivity index is 1.75. The Morgan fingerprint density at radius 2 is 2.27 bits per heavy atom. The molecule has 1 aromatic rings. The first-order chi connectivity index (χ1) is 7.29. The fourth-order valence-corrected chi connectivity index (χ4v) is 1.49. The summed E-state index contributed by atoms with van der Waals surface area (Å²) in [7, 11) is 0. The van der Waals surface area contributed by atoms with Crippen LogP contribution in [-0.2, 0) is 9.47 Å². The van der Waals surface area contributed by atoms with Crippen LogP contribution in [0.3, 0.4) is 0 Å². The van der Waals surface area contributed by atoms with Crippen molar-refractivity contribution in [1.82, 2.24) is 4.98 Å². The van der Waals surface area contributed by atoms with Crippen LogP contribution < -0.4 is 4.74 Å². The lowest BCUT2D eigenvalue weighted by atomic mass is 10.2. The van der Waals surface area contributed by atoms with Crippen molar-refractivity contribution >= 4 is 0 Å². The summed E-state index contributed by atoms with van der Waals surface area (Å²) in [4.78, 5) is 3.96. The predicted octanol–water partition coefficient (Wildman–Crippen LogP) is 1.61. The highest BCUT2D eigenvalue weighted by molar-refractivity contribution is 5.15. The maximum Gasteiger partial charge on any atom is 0.168 e. The Bertz CT molecular complexity index is 296. The fraction of sp³-hybridized carbons (Fsp3) is 0.545. The third-order valence-corrected chi connectivity index (χ3v) is 2.36. The number of rotatable bonds is 4. The van der Waals surface area contributed by atoms with Gasteiger partial charge in [-0.1, -0.05) is 0 Å². The first kappa shape index (κ1) is 10.4. The van der Waals surface area contributed by atoms with Crippen molar-refractivity contribution < 1.29 is 14.2 Å². The van der Waals surface area contributed by atoms with Crippen LogP contribution >= 0.6 is 0 Å². The molecule has 0 radical (unpaired) electrons. The molecule has 4 nitrogen and oxygen atoms in total. The van der Waals surface area contributed by atoms with E-state index in [0.717, 1.165) is 12.2 Å². The molecule has 0 spiro atoms. The summed E-state index contributed by atoms with van der Waals surface area (Å²) in [5.41, 5.74) is 0. The molecule has 0 amide bonds. The van der Waals surface area contributed by atoms with Crippen LogP contribution in [0.1, 0.15) is 13.3 Å². The number of ether oxygens (including phenoxy) is 3. The van der Waals surface area contributed by atoms with Crippen molar-refractivity contribution in [3.63, 3.8) is 0 Å². The molecule has 0 unspecified atom stereocenters. The van der Waals surface area contributed by atoms with E-state index < -0.39 is 5.79 Å². The first-order valence-electron chi connectivity index (χ1n) is 5.09. The SMILES string of the molecule is CC1(CCOc2cccnc2)OCCO1. The summed E-state index contributed by atoms with van der Waals surface area (Å²) < 4.78 is 16.4. The Labute approximate surface area is 89.2 Å². The number of hydrogen-bond acceptors (Lipinski definition) is 4. The van der Waals surface area contributed by atoms with Crippen molar-refractivity contribution in [2.24, 2.45) is 0 Å². The topological polar surface area (TPSA) is 40.6 Å². The molecule has 0 atom stereocenters. The Kier molecular flexibility index (Phi) is 3.18. The quantitative estimate of drug-likeness (QED) is 0.755. The third kappa shape index (κ3) is 2.91. The summed E-state index contributed by atoms with van der Waals surface area (Å²) in [5, 5.41) is 0. The van der Waals surface area contributed by atoms with Crippen LogP contribution in [0.4, 0.5) is 0 Å². The molecular formula is C11H15NO3. The minimum absolute atomic E-state index is 0.470. The molecule has 1 saturated heterocycles. The van der Waals surface area contributed by atoms with Gasteiger partial charge in [-0.2, -0.15) is 0 Å². The Morgan fingerprint density at radius 3 is 2.93 bits per heavy atom. The van der Waals surface area contributed by atoms with Gasteiger partial charge in [0, 0.05) is 12.6 Å². The van der Waals surface area contributed by atoms with Gasteiger partial charge in [0.25, 0.3) is 0 Å². The third-order valence-electron chi connectivity index (χ3n) is 2.36. The van der Waals surface area contributed by atoms with Crippen molar-refractivity contribution in [1.29, 1.82) is 0 Å². The highest BCUT2D eigenvalue weighted by Crippen LogP contribution is 2.22. The van der Waals surface area contributed by atoms with E-state index >= 15 is 0 Å². The van der Waals surface area contributed by atoms with E-state index in [1.165, 1.54) is 0 Å². The molecule has 0 bridgehead atoms. The maximum absolute atomic E-state index is 5.51. The fourth-order valence-electron chi connectivity index (χ4n) is 1.49. The van der Waals surface area contributed by atoms with Gasteiger partial charge in [-0.25, -0.2) is 0 Å². The van der Waals surface area contributed by atoms with E-state index in [1.54, 1.807) is 12.4 Å². The van der Waals surface area contributed by atoms with Crippen LogP contribution in [0.5, 0.6) is 5.75 Å². The summed E-state index contributed by atoms with van der Waals surface area (Å²) in [5.74, 6) is 0.307. The van der Waals surface area contributed by atoms with Crippen molar-refractivity contribution in [3.05, 3.63) is 24.5 Å². The first-order valence-corrected chi connectivity index (χ1v) is 5.09. The number of pyridine rings is 1. The lowest BCUT2D eigenvalue weighted by Gasteiger charge is -2.21. The standard InChI is InChI=1S/C11H15NO3/c1-11(14-7-8-15-11)4-6-13-10-3-2-5-12-9-10/h2-3,5,9H,4,6-8H2,1H3. The molecule has 82 valence electrons. The van der Waals surface area contributed by atoms with Gasteiger partial charge in [-0.3, -0.25) is 4.98 Å². The second-order valence-electron chi connectivity index (χ2n) is 3.62. The molecule has 1 aliphatic rings. The molecule has 1 aliphatic heterocycles. The summed E-state index contributed by atoms with van der Waals surface area (Å²) in [6.45, 7) is 3.85. The van der Waals surface area contributed by atoms with Gasteiger partial charge in [0.2, 0.25) is 0 Å². The van der Waals surface area contributed by atoms with Gasteiger partial charge in [-0.05, 0) is 19.1 Å². The Hall–Kier alpha value is -1.13. The molecule has 2 rings (SSSR count). The van der Waals surface area contributed by atoms with Gasteiger partial charge in [0.05, 0.1) is 26.0 Å². The molecule has 0 aliphatic carbocycles. The molecule has 1 fully saturated rings. The van der Waals surface area contributed by atoms with Crippen LogP contribution in [0.25, 0.3) is 0 Å². The summed E-state index contributed by atoms with van der Waals surface area (Å²) in [6.07, 6.45) is 4.14. The van der Waals surface area contributed by atoms with Crippen LogP contribution in [0.15, 0.2) is 24.5 Å². The van der Waals surface area contributed by atoms with Crippen molar-refractivity contribution in [3.8, 4) is 5.75 Å². The van der Waals surface area contributed by atoms with E-state index in [0.29, 0.717) is 19.8 Å². The minimum atomic E-state index is -0.470. The number of aromatic nitrogens is 1. The smallest absolute Gasteiger partial charge is 0.168 e. The predicted molar refractivity (Wildman–Crippen MR) is 54.7 cm³/mol. The molecule has 15 heavy (non-hydrogen) atoms. The number of nitrogens with zero attached hydrogens (tertiary/aromatic N) is 1. The zero-order valence-corrected chi connectivity index (χ0v) is 8.81. The van der Waals surface area contributed by atoms with E-state index in [1.807, 2.05) is 19.1 Å². The molecular weight excluding hydrogens is 194 g/mol. The van der Waals surface area contributed by atoms with Gasteiger partial charge >= 0.3 is 0 Å². The van der Waals surface area contributed by atoms with Gasteiger partial charge < -0.3 is 14.2 Å². The summed E-state index contributed by atoms with van der Waals surface area (Å²) in [6, 6.07) is 3.73. The van der Waals surface area contributed by atoms with Crippen molar-refractivity contribution in [2.75, 3.05) is 19.8 Å². The lowest BCUT2D eigenvalue weighted by Crippen LogP contribution is -2.27. The van der Waals surface area contributed by atoms with Crippen molar-refractivity contribution in [2.45, 2.75) is 19.1 Å². The Morgan fingerprint density at radius 1 is 1.47 bits per heavy atom. The molecule has 2 heterocycles. The molecule has 0 aromatic carbocycles. The van der Waals surface area contributed by atoms with Gasteiger partial charge in [-0.15, -0.1) is 0 Å². The second kappa shape index (κ2) is 4.59. The summed E-state index contributed by atoms with van der Waals surface area (Å²) >= 11 is 0. The molecule has 0 saturated carbocycles. The number of hydrogen-bond donors (Lipinski definition) is 0. The van der Waals surface area contributed by atoms with Gasteiger partial charge in [0.1, 0.15) is 5.75 Å². The largest absolute Gasteiger partial charge is 0.492 e. The average Bonchev–Trinajstić information content (AvgIpc) is 2.67. The zero-order chi connectivity index (χ0) is 10.6. The normalized spacial score (nSPS) is 19.0. The molecule has 0 N–H and O–H groups in total. The monoisotopic (exact) mass is 209 g/mol. The molecule has 1 aromatic heterocycles. The van der Waals surface area contributed by atoms with E-state index in [-0.39, 0.29) is 0 Å². The van der Waals surface area contributed by atoms with Crippen LogP contribution in [-0.4, -0.2) is 30.6 Å². The van der Waals surface area contributed by atoms with Crippen LogP contribution in [0.2, 0.25) is 0 Å². The highest BCUT2D eigenvalue weighted by atomic mass is 16.7. The van der Waals surface area contributed by atoms with Crippen LogP contribution in [0, 0.1) is 0 Å². The van der Waals surface area contributed by atoms with E-state index in [9.17, 15) is 0 Å². The lowest BCUT2D eigenvalue weighted by molar-refractivity contribution is -0.150. The minimum Gasteiger partial charge on any atom is -0.492 e. The second-order valence-corrected chi connectivity index (χ2v) is 3.62. The van der Waals surface area contributed by atoms with E-state index in [4.69, 9.17) is 14.2 Å².